The topological polar surface area (TPSA) is 105 Å². The molecule has 1 saturated heterocycles. The van der Waals surface area contributed by atoms with Crippen LogP contribution in [0, 0.1) is 12.8 Å². The summed E-state index contributed by atoms with van der Waals surface area (Å²) in [5.41, 5.74) is 2.35. The third-order valence-corrected chi connectivity index (χ3v) is 7.65. The fraction of sp³-hybridized carbons (Fsp3) is 0.440. The molecule has 1 heterocycles. The van der Waals surface area contributed by atoms with Crippen molar-refractivity contribution >= 4 is 21.9 Å². The number of likely N-dealkylation sites (tertiary alicyclic amines) is 1. The molecule has 0 spiro atoms. The van der Waals surface area contributed by atoms with Crippen molar-refractivity contribution < 1.29 is 22.7 Å². The Bertz CT molecular complexity index is 1080. The van der Waals surface area contributed by atoms with E-state index in [-0.39, 0.29) is 22.8 Å². The highest BCUT2D eigenvalue weighted by Crippen LogP contribution is 2.19. The molecule has 1 amide bonds. The molecule has 2 aromatic carbocycles. The summed E-state index contributed by atoms with van der Waals surface area (Å²) in [6, 6.07) is 13.4. The molecule has 0 aliphatic carbocycles. The minimum absolute atomic E-state index is 0.0852. The number of piperidine rings is 1. The van der Waals surface area contributed by atoms with Gasteiger partial charge in [0.1, 0.15) is 0 Å². The highest BCUT2D eigenvalue weighted by atomic mass is 32.2. The monoisotopic (exact) mass is 487 g/mol. The van der Waals surface area contributed by atoms with Gasteiger partial charge in [-0.25, -0.2) is 17.9 Å². The van der Waals surface area contributed by atoms with Crippen molar-refractivity contribution in [2.75, 3.05) is 26.7 Å². The van der Waals surface area contributed by atoms with Crippen molar-refractivity contribution in [3.8, 4) is 0 Å². The van der Waals surface area contributed by atoms with Gasteiger partial charge in [-0.15, -0.1) is 0 Å². The summed E-state index contributed by atoms with van der Waals surface area (Å²) in [6.07, 6.45) is 1.82. The molecule has 184 valence electrons. The molecule has 2 unspecified atom stereocenters. The van der Waals surface area contributed by atoms with E-state index in [9.17, 15) is 18.0 Å². The van der Waals surface area contributed by atoms with Gasteiger partial charge < -0.3 is 10.1 Å². The first-order chi connectivity index (χ1) is 16.2. The Morgan fingerprint density at radius 2 is 1.79 bits per heavy atom. The lowest BCUT2D eigenvalue weighted by molar-refractivity contribution is -0.126. The zero-order valence-corrected chi connectivity index (χ0v) is 20.7. The molecule has 1 aliphatic heterocycles. The number of amides is 1. The number of methoxy groups -OCH3 is 1. The van der Waals surface area contributed by atoms with Gasteiger partial charge in [0.25, 0.3) is 0 Å². The van der Waals surface area contributed by atoms with Crippen molar-refractivity contribution in [3.05, 3.63) is 65.2 Å². The molecule has 8 nitrogen and oxygen atoms in total. The number of nitrogens with zero attached hydrogens (tertiary/aromatic N) is 1. The van der Waals surface area contributed by atoms with E-state index < -0.39 is 16.0 Å². The van der Waals surface area contributed by atoms with Gasteiger partial charge in [0.2, 0.25) is 15.9 Å². The minimum atomic E-state index is -3.56. The van der Waals surface area contributed by atoms with Crippen molar-refractivity contribution in [2.24, 2.45) is 5.92 Å². The van der Waals surface area contributed by atoms with Crippen LogP contribution >= 0.6 is 0 Å². The lowest BCUT2D eigenvalue weighted by Crippen LogP contribution is -2.50. The molecular weight excluding hydrogens is 454 g/mol. The maximum absolute atomic E-state index is 12.7. The number of benzene rings is 2. The van der Waals surface area contributed by atoms with Gasteiger partial charge in [-0.2, -0.15) is 0 Å². The molecule has 0 saturated carbocycles. The van der Waals surface area contributed by atoms with Crippen LogP contribution in [0.25, 0.3) is 0 Å². The highest BCUT2D eigenvalue weighted by Gasteiger charge is 2.28. The van der Waals surface area contributed by atoms with Crippen LogP contribution < -0.4 is 10.0 Å². The number of esters is 1. The van der Waals surface area contributed by atoms with E-state index in [4.69, 9.17) is 4.74 Å². The Hall–Kier alpha value is -2.75. The van der Waals surface area contributed by atoms with Gasteiger partial charge in [0, 0.05) is 19.6 Å². The lowest BCUT2D eigenvalue weighted by atomic mass is 9.97. The predicted molar refractivity (Wildman–Crippen MR) is 130 cm³/mol. The van der Waals surface area contributed by atoms with E-state index in [1.807, 2.05) is 13.8 Å². The number of nitrogens with one attached hydrogen (secondary N) is 2. The van der Waals surface area contributed by atoms with Gasteiger partial charge in [-0.05, 0) is 69.0 Å². The van der Waals surface area contributed by atoms with Crippen LogP contribution in [0.3, 0.4) is 0 Å². The molecule has 0 aromatic heterocycles. The molecule has 2 aromatic rings. The van der Waals surface area contributed by atoms with Crippen LogP contribution in [-0.4, -0.2) is 58.0 Å². The van der Waals surface area contributed by atoms with E-state index in [1.165, 1.54) is 7.11 Å². The summed E-state index contributed by atoms with van der Waals surface area (Å²) < 4.78 is 32.6. The number of ether oxygens (including phenoxy) is 1. The Labute approximate surface area is 201 Å². The average molecular weight is 488 g/mol. The second kappa shape index (κ2) is 11.6. The maximum atomic E-state index is 12.7. The average Bonchev–Trinajstić information content (AvgIpc) is 2.86. The van der Waals surface area contributed by atoms with Crippen molar-refractivity contribution in [1.82, 2.24) is 14.9 Å². The summed E-state index contributed by atoms with van der Waals surface area (Å²) in [4.78, 5) is 26.6. The maximum Gasteiger partial charge on any atom is 0.337 e. The Morgan fingerprint density at radius 3 is 2.44 bits per heavy atom. The molecule has 9 heteroatoms. The van der Waals surface area contributed by atoms with E-state index in [2.05, 4.69) is 14.9 Å². The summed E-state index contributed by atoms with van der Waals surface area (Å²) in [5.74, 6) is -0.349. The number of aryl methyl sites for hydroxylation is 1. The van der Waals surface area contributed by atoms with E-state index in [0.717, 1.165) is 30.5 Å². The Kier molecular flexibility index (Phi) is 8.82. The van der Waals surface area contributed by atoms with Crippen LogP contribution in [-0.2, 0) is 26.1 Å². The molecule has 1 aliphatic rings. The third kappa shape index (κ3) is 6.88. The van der Waals surface area contributed by atoms with Gasteiger partial charge in [0.15, 0.2) is 0 Å². The summed E-state index contributed by atoms with van der Waals surface area (Å²) in [6.45, 7) is 5.93. The third-order valence-electron chi connectivity index (χ3n) is 6.21. The van der Waals surface area contributed by atoms with E-state index >= 15 is 0 Å². The normalized spacial score (nSPS) is 17.7. The number of carbonyl (C=O) groups is 2. The fourth-order valence-corrected chi connectivity index (χ4v) is 5.14. The first kappa shape index (κ1) is 25.9. The number of rotatable bonds is 9. The smallest absolute Gasteiger partial charge is 0.337 e. The molecule has 1 fully saturated rings. The van der Waals surface area contributed by atoms with Gasteiger partial charge in [-0.1, -0.05) is 29.8 Å². The quantitative estimate of drug-likeness (QED) is 0.527. The van der Waals surface area contributed by atoms with Crippen LogP contribution in [0.2, 0.25) is 0 Å². The van der Waals surface area contributed by atoms with Gasteiger partial charge >= 0.3 is 5.97 Å². The van der Waals surface area contributed by atoms with E-state index in [1.54, 1.807) is 48.5 Å². The Balaban J connectivity index is 1.49. The number of hydrogen-bond donors (Lipinski definition) is 2. The SMILES string of the molecule is COC(=O)c1ccc(CNC(=O)C(C)N2CCCC(CNS(=O)(=O)c3ccc(C)cc3)C2)cc1. The van der Waals surface area contributed by atoms with Crippen molar-refractivity contribution in [2.45, 2.75) is 44.2 Å². The van der Waals surface area contributed by atoms with Crippen LogP contribution in [0.5, 0.6) is 0 Å². The summed E-state index contributed by atoms with van der Waals surface area (Å²) >= 11 is 0. The zero-order valence-electron chi connectivity index (χ0n) is 19.9. The van der Waals surface area contributed by atoms with Crippen molar-refractivity contribution in [1.29, 1.82) is 0 Å². The molecule has 3 rings (SSSR count). The fourth-order valence-electron chi connectivity index (χ4n) is 4.02. The molecule has 0 bridgehead atoms. The van der Waals surface area contributed by atoms with Gasteiger partial charge in [0.05, 0.1) is 23.6 Å². The molecule has 2 N–H and O–H groups in total. The standard InChI is InChI=1S/C25H33N3O5S/c1-18-6-12-23(13-7-18)34(31,32)27-16-21-5-4-14-28(17-21)19(2)24(29)26-15-20-8-10-22(11-9-20)25(30)33-3/h6-13,19,21,27H,4-5,14-17H2,1-3H3,(H,26,29). The second-order valence-corrected chi connectivity index (χ2v) is 10.5. The van der Waals surface area contributed by atoms with Crippen molar-refractivity contribution in [3.63, 3.8) is 0 Å². The number of hydrogen-bond acceptors (Lipinski definition) is 6. The largest absolute Gasteiger partial charge is 0.465 e. The molecule has 2 atom stereocenters. The van der Waals surface area contributed by atoms with Crippen LogP contribution in [0.1, 0.15) is 41.3 Å². The molecule has 0 radical (unpaired) electrons. The van der Waals surface area contributed by atoms with Crippen LogP contribution in [0.15, 0.2) is 53.4 Å². The first-order valence-corrected chi connectivity index (χ1v) is 12.9. The van der Waals surface area contributed by atoms with E-state index in [0.29, 0.717) is 25.2 Å². The number of carbonyl (C=O) groups excluding carboxylic acids is 2. The Morgan fingerprint density at radius 1 is 1.12 bits per heavy atom. The first-order valence-electron chi connectivity index (χ1n) is 11.4. The minimum Gasteiger partial charge on any atom is -0.465 e. The number of sulfonamides is 1. The molecule has 34 heavy (non-hydrogen) atoms. The zero-order chi connectivity index (χ0) is 24.7. The van der Waals surface area contributed by atoms with Gasteiger partial charge in [-0.3, -0.25) is 9.69 Å². The highest BCUT2D eigenvalue weighted by molar-refractivity contribution is 7.89. The van der Waals surface area contributed by atoms with Crippen LogP contribution in [0.4, 0.5) is 0 Å². The second-order valence-electron chi connectivity index (χ2n) is 8.75. The lowest BCUT2D eigenvalue weighted by Gasteiger charge is -2.36. The summed E-state index contributed by atoms with van der Waals surface area (Å²) in [5, 5.41) is 2.95. The predicted octanol–water partition coefficient (Wildman–Crippen LogP) is 2.48. The summed E-state index contributed by atoms with van der Waals surface area (Å²) in [7, 11) is -2.22. The molecular formula is C25H33N3O5S.